The Kier molecular flexibility index (Phi) is 4.60. The van der Waals surface area contributed by atoms with E-state index in [1.54, 1.807) is 6.92 Å². The maximum absolute atomic E-state index is 10.4. The number of aliphatic hydroxyl groups excluding tert-OH is 1. The van der Waals surface area contributed by atoms with Gasteiger partial charge in [-0.3, -0.25) is 4.90 Å². The monoisotopic (exact) mass is 338 g/mol. The van der Waals surface area contributed by atoms with E-state index in [1.807, 2.05) is 11.9 Å². The number of rotatable bonds is 5. The van der Waals surface area contributed by atoms with Crippen molar-refractivity contribution in [3.8, 4) is 0 Å². The molecule has 2 aromatic heterocycles. The summed E-state index contributed by atoms with van der Waals surface area (Å²) in [7, 11) is 1.95. The number of hydrogen-bond acceptors (Lipinski definition) is 9. The molecule has 2 aromatic rings. The average molecular weight is 338 g/mol. The van der Waals surface area contributed by atoms with Crippen molar-refractivity contribution in [2.75, 3.05) is 25.0 Å². The van der Waals surface area contributed by atoms with Gasteiger partial charge in [0.25, 0.3) is 0 Å². The third-order valence-corrected chi connectivity index (χ3v) is 4.79. The number of β-amino-alcohol motifs (C(OH)–C–C–N with tert-alkyl or cyclic N) is 1. The van der Waals surface area contributed by atoms with Crippen LogP contribution in [0.2, 0.25) is 0 Å². The fourth-order valence-electron chi connectivity index (χ4n) is 2.68. The summed E-state index contributed by atoms with van der Waals surface area (Å²) in [6.07, 6.45) is -0.449. The molecule has 1 aliphatic rings. The molecule has 0 bridgehead atoms. The highest BCUT2D eigenvalue weighted by Gasteiger charge is 2.36. The quantitative estimate of drug-likeness (QED) is 0.864. The molecule has 23 heavy (non-hydrogen) atoms. The van der Waals surface area contributed by atoms with E-state index in [4.69, 9.17) is 4.42 Å². The van der Waals surface area contributed by atoms with Crippen molar-refractivity contribution in [1.82, 2.24) is 24.5 Å². The summed E-state index contributed by atoms with van der Waals surface area (Å²) < 4.78 is 9.80. The Balaban J connectivity index is 1.65. The van der Waals surface area contributed by atoms with E-state index in [9.17, 15) is 5.11 Å². The minimum Gasteiger partial charge on any atom is -0.424 e. The van der Waals surface area contributed by atoms with Gasteiger partial charge in [0.1, 0.15) is 5.82 Å². The van der Waals surface area contributed by atoms with Crippen LogP contribution in [0.5, 0.6) is 0 Å². The molecule has 0 spiro atoms. The zero-order valence-electron chi connectivity index (χ0n) is 13.8. The molecule has 126 valence electrons. The van der Waals surface area contributed by atoms with Gasteiger partial charge in [-0.15, -0.1) is 10.2 Å². The average Bonchev–Trinajstić information content (AvgIpc) is 3.18. The van der Waals surface area contributed by atoms with Crippen LogP contribution in [-0.4, -0.2) is 61.8 Å². The lowest BCUT2D eigenvalue weighted by atomic mass is 10.2. The first-order valence-electron chi connectivity index (χ1n) is 7.70. The molecule has 3 heterocycles. The highest BCUT2D eigenvalue weighted by Crippen LogP contribution is 2.27. The Hall–Kier alpha value is -1.58. The summed E-state index contributed by atoms with van der Waals surface area (Å²) in [6, 6.07) is -0.00592. The Bertz CT molecular complexity index is 657. The van der Waals surface area contributed by atoms with Crippen LogP contribution in [0, 0.1) is 6.92 Å². The summed E-state index contributed by atoms with van der Waals surface area (Å²) in [5.74, 6) is 2.29. The van der Waals surface area contributed by atoms with Crippen LogP contribution in [-0.2, 0) is 6.54 Å². The third-order valence-electron chi connectivity index (χ3n) is 4.00. The molecule has 8 nitrogen and oxygen atoms in total. The molecular formula is C14H22N6O2S. The highest BCUT2D eigenvalue weighted by atomic mass is 32.1. The largest absolute Gasteiger partial charge is 0.424 e. The lowest BCUT2D eigenvalue weighted by Crippen LogP contribution is -2.40. The first kappa shape index (κ1) is 16.3. The van der Waals surface area contributed by atoms with Gasteiger partial charge in [-0.2, -0.15) is 4.37 Å². The molecule has 0 amide bonds. The van der Waals surface area contributed by atoms with Crippen LogP contribution in [0.1, 0.15) is 37.4 Å². The lowest BCUT2D eigenvalue weighted by Gasteiger charge is -2.24. The van der Waals surface area contributed by atoms with Crippen molar-refractivity contribution in [1.29, 1.82) is 0 Å². The van der Waals surface area contributed by atoms with E-state index in [0.717, 1.165) is 11.0 Å². The van der Waals surface area contributed by atoms with Gasteiger partial charge in [0, 0.05) is 37.5 Å². The second-order valence-corrected chi connectivity index (χ2v) is 6.99. The van der Waals surface area contributed by atoms with Crippen molar-refractivity contribution >= 4 is 16.7 Å². The molecule has 0 aromatic carbocycles. The first-order valence-corrected chi connectivity index (χ1v) is 8.47. The summed E-state index contributed by atoms with van der Waals surface area (Å²) in [5, 5.41) is 19.1. The van der Waals surface area contributed by atoms with Gasteiger partial charge >= 0.3 is 0 Å². The second kappa shape index (κ2) is 6.50. The summed E-state index contributed by atoms with van der Waals surface area (Å²) in [5.41, 5.74) is 0. The minimum absolute atomic E-state index is 0.00592. The van der Waals surface area contributed by atoms with Crippen LogP contribution < -0.4 is 4.90 Å². The first-order chi connectivity index (χ1) is 10.9. The van der Waals surface area contributed by atoms with Crippen molar-refractivity contribution in [2.45, 2.75) is 45.4 Å². The van der Waals surface area contributed by atoms with Gasteiger partial charge in [-0.05, 0) is 7.05 Å². The zero-order chi connectivity index (χ0) is 16.6. The van der Waals surface area contributed by atoms with E-state index in [2.05, 4.69) is 38.3 Å². The van der Waals surface area contributed by atoms with Crippen LogP contribution >= 0.6 is 11.5 Å². The Labute approximate surface area is 139 Å². The predicted octanol–water partition coefficient (Wildman–Crippen LogP) is 1.03. The summed E-state index contributed by atoms with van der Waals surface area (Å²) >= 11 is 1.39. The molecule has 2 atom stereocenters. The van der Waals surface area contributed by atoms with Gasteiger partial charge in [0.15, 0.2) is 0 Å². The van der Waals surface area contributed by atoms with E-state index < -0.39 is 6.10 Å². The molecule has 0 aliphatic carbocycles. The van der Waals surface area contributed by atoms with Gasteiger partial charge in [0.05, 0.1) is 18.7 Å². The summed E-state index contributed by atoms with van der Waals surface area (Å²) in [4.78, 5) is 8.71. The van der Waals surface area contributed by atoms with Crippen LogP contribution in [0.3, 0.4) is 0 Å². The van der Waals surface area contributed by atoms with E-state index >= 15 is 0 Å². The van der Waals surface area contributed by atoms with Crippen LogP contribution in [0.15, 0.2) is 4.42 Å². The molecule has 0 saturated carbocycles. The SMILES string of the molecule is Cc1nnc(CN(C)[C@H]2CN(c3nc(C(C)C)ns3)C[C@H]2O)o1. The van der Waals surface area contributed by atoms with Crippen molar-refractivity contribution in [3.05, 3.63) is 17.6 Å². The molecular weight excluding hydrogens is 316 g/mol. The zero-order valence-corrected chi connectivity index (χ0v) is 14.6. The number of aryl methyl sites for hydroxylation is 1. The van der Waals surface area contributed by atoms with Gasteiger partial charge in [0.2, 0.25) is 16.9 Å². The fraction of sp³-hybridized carbons (Fsp3) is 0.714. The maximum atomic E-state index is 10.4. The standard InChI is InChI=1S/C14H22N6O2S/c1-8(2)13-15-14(23-18-13)20-5-10(11(21)6-20)19(4)7-12-17-16-9(3)22-12/h8,10-11,21H,5-7H2,1-4H3/t10-,11+/m0/s1. The molecule has 1 saturated heterocycles. The van der Waals surface area contributed by atoms with Crippen LogP contribution in [0.4, 0.5) is 5.13 Å². The highest BCUT2D eigenvalue weighted by molar-refractivity contribution is 7.09. The Morgan fingerprint density at radius 1 is 1.39 bits per heavy atom. The number of hydrogen-bond donors (Lipinski definition) is 1. The van der Waals surface area contributed by atoms with E-state index in [-0.39, 0.29) is 6.04 Å². The van der Waals surface area contributed by atoms with E-state index in [1.165, 1.54) is 11.5 Å². The second-order valence-electron chi connectivity index (χ2n) is 6.26. The third kappa shape index (κ3) is 3.51. The number of aliphatic hydroxyl groups is 1. The molecule has 1 fully saturated rings. The van der Waals surface area contributed by atoms with Crippen molar-refractivity contribution in [3.63, 3.8) is 0 Å². The maximum Gasteiger partial charge on any atom is 0.230 e. The molecule has 9 heteroatoms. The number of anilines is 1. The summed E-state index contributed by atoms with van der Waals surface area (Å²) in [6.45, 7) is 7.71. The smallest absolute Gasteiger partial charge is 0.230 e. The number of likely N-dealkylation sites (N-methyl/N-ethyl adjacent to an activating group) is 1. The number of nitrogens with zero attached hydrogens (tertiary/aromatic N) is 6. The molecule has 0 radical (unpaired) electrons. The lowest BCUT2D eigenvalue weighted by molar-refractivity contribution is 0.0903. The van der Waals surface area contributed by atoms with Gasteiger partial charge in [-0.25, -0.2) is 4.98 Å². The molecule has 0 unspecified atom stereocenters. The van der Waals surface area contributed by atoms with Crippen molar-refractivity contribution in [2.24, 2.45) is 0 Å². The van der Waals surface area contributed by atoms with E-state index in [0.29, 0.717) is 37.3 Å². The predicted molar refractivity (Wildman–Crippen MR) is 86.5 cm³/mol. The van der Waals surface area contributed by atoms with Crippen molar-refractivity contribution < 1.29 is 9.52 Å². The Morgan fingerprint density at radius 3 is 2.78 bits per heavy atom. The normalized spacial score (nSPS) is 21.8. The molecule has 3 rings (SSSR count). The minimum atomic E-state index is -0.449. The fourth-order valence-corrected chi connectivity index (χ4v) is 3.51. The molecule has 1 aliphatic heterocycles. The topological polar surface area (TPSA) is 91.4 Å². The number of aromatic nitrogens is 4. The Morgan fingerprint density at radius 2 is 2.17 bits per heavy atom. The van der Waals surface area contributed by atoms with Crippen LogP contribution in [0.25, 0.3) is 0 Å². The van der Waals surface area contributed by atoms with Gasteiger partial charge in [-0.1, -0.05) is 13.8 Å². The molecule has 1 N–H and O–H groups in total. The van der Waals surface area contributed by atoms with Gasteiger partial charge < -0.3 is 14.4 Å².